The fourth-order valence-corrected chi connectivity index (χ4v) is 3.34. The van der Waals surface area contributed by atoms with E-state index in [1.54, 1.807) is 0 Å². The summed E-state index contributed by atoms with van der Waals surface area (Å²) in [5.41, 5.74) is 2.61. The van der Waals surface area contributed by atoms with Gasteiger partial charge in [0.15, 0.2) is 0 Å². The first-order valence-electron chi connectivity index (χ1n) is 7.85. The van der Waals surface area contributed by atoms with Gasteiger partial charge in [-0.15, -0.1) is 11.8 Å². The van der Waals surface area contributed by atoms with Crippen LogP contribution < -0.4 is 5.32 Å². The summed E-state index contributed by atoms with van der Waals surface area (Å²) in [4.78, 5) is 7.15. The summed E-state index contributed by atoms with van der Waals surface area (Å²) in [6, 6.07) is 10.5. The molecule has 5 heteroatoms. The van der Waals surface area contributed by atoms with Crippen LogP contribution in [-0.2, 0) is 11.2 Å². The maximum atomic E-state index is 5.39. The Morgan fingerprint density at radius 3 is 2.82 bits per heavy atom. The summed E-state index contributed by atoms with van der Waals surface area (Å²) >= 11 is 1.83. The number of amidine groups is 1. The van der Waals surface area contributed by atoms with Crippen LogP contribution in [0.25, 0.3) is 0 Å². The molecule has 0 aliphatic carbocycles. The lowest BCUT2D eigenvalue weighted by Gasteiger charge is -2.29. The molecule has 0 amide bonds. The van der Waals surface area contributed by atoms with E-state index >= 15 is 0 Å². The smallest absolute Gasteiger partial charge is 0.111 e. The highest BCUT2D eigenvalue weighted by Gasteiger charge is 2.15. The van der Waals surface area contributed by atoms with Gasteiger partial charge in [-0.05, 0) is 17.4 Å². The monoisotopic (exact) mass is 317 g/mol. The number of benzene rings is 1. The van der Waals surface area contributed by atoms with Crippen molar-refractivity contribution in [2.45, 2.75) is 6.42 Å². The third-order valence-electron chi connectivity index (χ3n) is 3.79. The van der Waals surface area contributed by atoms with E-state index in [1.807, 2.05) is 11.8 Å². The molecule has 1 saturated heterocycles. The van der Waals surface area contributed by atoms with Crippen LogP contribution in [0.2, 0.25) is 0 Å². The fourth-order valence-electron chi connectivity index (χ4n) is 2.60. The number of aliphatic imine (C=N–C) groups is 1. The normalized spacial score (nSPS) is 21.5. The highest BCUT2D eigenvalue weighted by Crippen LogP contribution is 2.14. The highest BCUT2D eigenvalue weighted by atomic mass is 32.2. The Kier molecular flexibility index (Phi) is 5.93. The molecule has 0 spiro atoms. The number of rotatable bonds is 5. The fraction of sp³-hybridized carbons (Fsp3) is 0.471. The minimum atomic E-state index is 0.845. The van der Waals surface area contributed by atoms with Gasteiger partial charge in [-0.1, -0.05) is 30.3 Å². The Balaban J connectivity index is 1.46. The summed E-state index contributed by atoms with van der Waals surface area (Å²) in [5, 5.41) is 5.72. The summed E-state index contributed by atoms with van der Waals surface area (Å²) in [6.07, 6.45) is 0.999. The number of hydrogen-bond donors (Lipinski definition) is 1. The van der Waals surface area contributed by atoms with Crippen molar-refractivity contribution in [3.63, 3.8) is 0 Å². The number of nitrogens with one attached hydrogen (secondary N) is 1. The number of thioether (sulfide) groups is 1. The molecule has 0 atom stereocenters. The molecular weight excluding hydrogens is 294 g/mol. The van der Waals surface area contributed by atoms with E-state index in [9.17, 15) is 0 Å². The van der Waals surface area contributed by atoms with Crippen molar-refractivity contribution in [2.75, 3.05) is 45.1 Å². The lowest BCUT2D eigenvalue weighted by molar-refractivity contribution is 0.0419. The van der Waals surface area contributed by atoms with Crippen LogP contribution >= 0.6 is 11.8 Å². The molecular formula is C17H23N3OS. The van der Waals surface area contributed by atoms with E-state index in [2.05, 4.69) is 46.0 Å². The van der Waals surface area contributed by atoms with Crippen LogP contribution in [0.1, 0.15) is 5.56 Å². The van der Waals surface area contributed by atoms with E-state index in [1.165, 1.54) is 11.3 Å². The summed E-state index contributed by atoms with van der Waals surface area (Å²) in [7, 11) is 0. The molecule has 0 aromatic heterocycles. The van der Waals surface area contributed by atoms with Crippen LogP contribution in [-0.4, -0.2) is 55.9 Å². The third-order valence-corrected chi connectivity index (χ3v) is 4.69. The molecule has 2 heterocycles. The lowest BCUT2D eigenvalue weighted by Crippen LogP contribution is -2.41. The number of hydrogen-bond acceptors (Lipinski definition) is 4. The van der Waals surface area contributed by atoms with Crippen molar-refractivity contribution in [1.82, 2.24) is 10.2 Å². The molecule has 118 valence electrons. The first-order valence-corrected chi connectivity index (χ1v) is 8.90. The van der Waals surface area contributed by atoms with Crippen LogP contribution in [0, 0.1) is 0 Å². The molecule has 0 unspecified atom stereocenters. The largest absolute Gasteiger partial charge is 0.379 e. The average molecular weight is 317 g/mol. The molecule has 22 heavy (non-hydrogen) atoms. The Bertz CT molecular complexity index is 524. The first-order chi connectivity index (χ1) is 10.9. The van der Waals surface area contributed by atoms with Crippen molar-refractivity contribution in [3.05, 3.63) is 47.0 Å². The van der Waals surface area contributed by atoms with Crippen molar-refractivity contribution >= 4 is 17.6 Å². The van der Waals surface area contributed by atoms with Gasteiger partial charge in [0.1, 0.15) is 5.84 Å². The van der Waals surface area contributed by atoms with Gasteiger partial charge in [0.2, 0.25) is 0 Å². The van der Waals surface area contributed by atoms with Gasteiger partial charge in [0, 0.05) is 31.9 Å². The molecule has 4 nitrogen and oxygen atoms in total. The Morgan fingerprint density at radius 2 is 2.00 bits per heavy atom. The second-order valence-electron chi connectivity index (χ2n) is 5.53. The van der Waals surface area contributed by atoms with E-state index in [-0.39, 0.29) is 0 Å². The summed E-state index contributed by atoms with van der Waals surface area (Å²) in [5.74, 6) is 2.05. The summed E-state index contributed by atoms with van der Waals surface area (Å²) in [6.45, 7) is 5.54. The maximum absolute atomic E-state index is 5.39. The first kappa shape index (κ1) is 15.6. The predicted octanol–water partition coefficient (Wildman–Crippen LogP) is 2.14. The Hall–Kier alpha value is -1.30. The van der Waals surface area contributed by atoms with Gasteiger partial charge < -0.3 is 10.1 Å². The molecule has 1 aromatic carbocycles. The summed E-state index contributed by atoms with van der Waals surface area (Å²) < 4.78 is 5.39. The second kappa shape index (κ2) is 8.36. The average Bonchev–Trinajstić information content (AvgIpc) is 2.57. The van der Waals surface area contributed by atoms with Gasteiger partial charge in [-0.25, -0.2) is 0 Å². The van der Waals surface area contributed by atoms with Crippen molar-refractivity contribution in [3.8, 4) is 0 Å². The molecule has 1 aromatic rings. The molecule has 0 bridgehead atoms. The molecule has 0 radical (unpaired) electrons. The van der Waals surface area contributed by atoms with E-state index < -0.39 is 0 Å². The van der Waals surface area contributed by atoms with Crippen LogP contribution in [0.4, 0.5) is 0 Å². The lowest BCUT2D eigenvalue weighted by atomic mass is 10.2. The molecule has 1 fully saturated rings. The zero-order chi connectivity index (χ0) is 15.0. The van der Waals surface area contributed by atoms with E-state index in [4.69, 9.17) is 9.73 Å². The Labute approximate surface area is 136 Å². The van der Waals surface area contributed by atoms with Gasteiger partial charge in [0.05, 0.1) is 19.0 Å². The number of ether oxygens (including phenoxy) is 1. The predicted molar refractivity (Wildman–Crippen MR) is 93.4 cm³/mol. The molecule has 1 N–H and O–H groups in total. The quantitative estimate of drug-likeness (QED) is 0.903. The van der Waals surface area contributed by atoms with Gasteiger partial charge >= 0.3 is 0 Å². The number of nitrogens with zero attached hydrogens (tertiary/aromatic N) is 2. The van der Waals surface area contributed by atoms with E-state index in [0.717, 1.165) is 57.4 Å². The molecule has 3 rings (SSSR count). The van der Waals surface area contributed by atoms with Crippen LogP contribution in [0.15, 0.2) is 46.4 Å². The zero-order valence-electron chi connectivity index (χ0n) is 12.8. The van der Waals surface area contributed by atoms with Gasteiger partial charge in [-0.3, -0.25) is 9.89 Å². The standard InChI is InChI=1S/C17H23N3OS/c1-2-4-15(5-3-1)6-7-18-17-14-22-13-16(19-17)12-20-8-10-21-11-9-20/h1-5,13H,6-12,14H2,(H,18,19). The maximum Gasteiger partial charge on any atom is 0.111 e. The van der Waals surface area contributed by atoms with Gasteiger partial charge in [-0.2, -0.15) is 0 Å². The minimum Gasteiger partial charge on any atom is -0.379 e. The van der Waals surface area contributed by atoms with Crippen molar-refractivity contribution in [2.24, 2.45) is 4.99 Å². The number of morpholine rings is 1. The SMILES string of the molecule is C1=C(CN2CCOCC2)NC(=NCCc2ccccc2)CS1. The molecule has 0 saturated carbocycles. The highest BCUT2D eigenvalue weighted by molar-refractivity contribution is 8.02. The van der Waals surface area contributed by atoms with Gasteiger partial charge in [0.25, 0.3) is 0 Å². The Morgan fingerprint density at radius 1 is 1.18 bits per heavy atom. The van der Waals surface area contributed by atoms with Crippen molar-refractivity contribution < 1.29 is 4.74 Å². The van der Waals surface area contributed by atoms with Crippen LogP contribution in [0.3, 0.4) is 0 Å². The zero-order valence-corrected chi connectivity index (χ0v) is 13.6. The molecule has 2 aliphatic heterocycles. The second-order valence-corrected chi connectivity index (χ2v) is 6.39. The third kappa shape index (κ3) is 4.87. The molecule has 2 aliphatic rings. The van der Waals surface area contributed by atoms with Crippen molar-refractivity contribution in [1.29, 1.82) is 0 Å². The topological polar surface area (TPSA) is 36.9 Å². The van der Waals surface area contributed by atoms with Crippen LogP contribution in [0.5, 0.6) is 0 Å². The minimum absolute atomic E-state index is 0.845. The van der Waals surface area contributed by atoms with E-state index in [0.29, 0.717) is 0 Å².